The van der Waals surface area contributed by atoms with Crippen LogP contribution in [0.3, 0.4) is 0 Å². The average molecular weight is 228 g/mol. The summed E-state index contributed by atoms with van der Waals surface area (Å²) in [6, 6.07) is 0. The molecule has 5 nitrogen and oxygen atoms in total. The van der Waals surface area contributed by atoms with Crippen LogP contribution in [0.1, 0.15) is 20.3 Å². The summed E-state index contributed by atoms with van der Waals surface area (Å²) in [5.41, 5.74) is 0. The number of carboxylic acids is 1. The summed E-state index contributed by atoms with van der Waals surface area (Å²) in [5.74, 6) is -1.83. The van der Waals surface area contributed by atoms with Crippen LogP contribution < -0.4 is 0 Å². The molecule has 7 heteroatoms. The van der Waals surface area contributed by atoms with E-state index in [1.165, 1.54) is 13.8 Å². The molecule has 0 bridgehead atoms. The first-order valence-corrected chi connectivity index (χ1v) is 5.65. The minimum absolute atomic E-state index is 0.0793. The van der Waals surface area contributed by atoms with Gasteiger partial charge in [0.1, 0.15) is 0 Å². The van der Waals surface area contributed by atoms with Gasteiger partial charge in [0, 0.05) is 13.5 Å². The van der Waals surface area contributed by atoms with Gasteiger partial charge >= 0.3 is 19.0 Å². The predicted molar refractivity (Wildman–Crippen MR) is 48.0 cm³/mol. The monoisotopic (exact) mass is 228 g/mol. The summed E-state index contributed by atoms with van der Waals surface area (Å²) in [6.45, 7) is 2.66. The molecule has 14 heavy (non-hydrogen) atoms. The molecule has 0 spiro atoms. The number of hydrogen-bond donors (Lipinski definition) is 1. The zero-order valence-corrected chi connectivity index (χ0v) is 9.21. The van der Waals surface area contributed by atoms with Crippen molar-refractivity contribution in [3.05, 3.63) is 0 Å². The van der Waals surface area contributed by atoms with Crippen LogP contribution in [-0.4, -0.2) is 30.2 Å². The number of alkyl halides is 1. The van der Waals surface area contributed by atoms with Gasteiger partial charge in [0.2, 0.25) is 0 Å². The van der Waals surface area contributed by atoms with Crippen molar-refractivity contribution in [2.24, 2.45) is 0 Å². The Hall–Kier alpha value is -0.450. The second-order valence-electron chi connectivity index (χ2n) is 2.52. The van der Waals surface area contributed by atoms with Crippen LogP contribution in [-0.2, 0) is 18.4 Å². The second kappa shape index (κ2) is 4.87. The molecule has 0 heterocycles. The maximum Gasteiger partial charge on any atom is 0.378 e. The Morgan fingerprint density at radius 2 is 2.07 bits per heavy atom. The summed E-state index contributed by atoms with van der Waals surface area (Å²) in [6.07, 6.45) is -0.479. The second-order valence-corrected chi connectivity index (χ2v) is 4.84. The summed E-state index contributed by atoms with van der Waals surface area (Å²) in [7, 11) is -3.28. The molecule has 0 saturated heterocycles. The lowest BCUT2D eigenvalue weighted by molar-refractivity contribution is -0.146. The molecule has 2 unspecified atom stereocenters. The Morgan fingerprint density at radius 3 is 2.29 bits per heavy atom. The first-order valence-electron chi connectivity index (χ1n) is 4.10. The fourth-order valence-corrected chi connectivity index (χ4v) is 2.49. The van der Waals surface area contributed by atoms with Gasteiger partial charge < -0.3 is 14.2 Å². The van der Waals surface area contributed by atoms with E-state index in [1.807, 2.05) is 0 Å². The van der Waals surface area contributed by atoms with Gasteiger partial charge in [-0.05, 0) is 6.92 Å². The topological polar surface area (TPSA) is 72.8 Å². The summed E-state index contributed by atoms with van der Waals surface area (Å²) < 4.78 is 34.4. The van der Waals surface area contributed by atoms with Crippen LogP contribution in [0.25, 0.3) is 0 Å². The Kier molecular flexibility index (Phi) is 4.71. The van der Waals surface area contributed by atoms with Crippen molar-refractivity contribution < 1.29 is 27.9 Å². The van der Waals surface area contributed by atoms with Crippen LogP contribution in [0.2, 0.25) is 0 Å². The third-order valence-corrected chi connectivity index (χ3v) is 4.22. The molecule has 0 fully saturated rings. The standard InChI is InChI=1S/C7H14FO5P/c1-4-7(8,6(9)10)14(11,12-3)13-5-2/h4-5H2,1-3H3,(H,9,10). The molecule has 0 radical (unpaired) electrons. The van der Waals surface area contributed by atoms with E-state index in [0.717, 1.165) is 7.11 Å². The van der Waals surface area contributed by atoms with Crippen molar-refractivity contribution in [3.63, 3.8) is 0 Å². The first kappa shape index (κ1) is 13.5. The Bertz CT molecular complexity index is 256. The lowest BCUT2D eigenvalue weighted by atomic mass is 10.3. The number of carbonyl (C=O) groups is 1. The molecular formula is C7H14FO5P. The molecular weight excluding hydrogens is 214 g/mol. The van der Waals surface area contributed by atoms with Gasteiger partial charge in [-0.15, -0.1) is 0 Å². The molecule has 0 aromatic heterocycles. The van der Waals surface area contributed by atoms with Gasteiger partial charge in [-0.2, -0.15) is 0 Å². The van der Waals surface area contributed by atoms with Crippen molar-refractivity contribution in [2.75, 3.05) is 13.7 Å². The van der Waals surface area contributed by atoms with Crippen LogP contribution in [0.5, 0.6) is 0 Å². The first-order chi connectivity index (χ1) is 6.38. The fourth-order valence-electron chi connectivity index (χ4n) is 0.932. The smallest absolute Gasteiger partial charge is 0.378 e. The molecule has 0 aliphatic carbocycles. The average Bonchev–Trinajstić information content (AvgIpc) is 2.16. The number of hydrogen-bond acceptors (Lipinski definition) is 4. The van der Waals surface area contributed by atoms with Crippen LogP contribution >= 0.6 is 7.60 Å². The Balaban J connectivity index is 5.15. The van der Waals surface area contributed by atoms with E-state index < -0.39 is 25.4 Å². The number of halogens is 1. The van der Waals surface area contributed by atoms with E-state index >= 15 is 0 Å². The fraction of sp³-hybridized carbons (Fsp3) is 0.857. The minimum Gasteiger partial charge on any atom is -0.478 e. The lowest BCUT2D eigenvalue weighted by Gasteiger charge is -2.26. The Morgan fingerprint density at radius 1 is 1.57 bits per heavy atom. The van der Waals surface area contributed by atoms with E-state index in [9.17, 15) is 13.8 Å². The van der Waals surface area contributed by atoms with Crippen LogP contribution in [0.15, 0.2) is 0 Å². The quantitative estimate of drug-likeness (QED) is 0.704. The van der Waals surface area contributed by atoms with Gasteiger partial charge in [0.15, 0.2) is 0 Å². The van der Waals surface area contributed by atoms with Crippen LogP contribution in [0.4, 0.5) is 4.39 Å². The normalized spacial score (nSPS) is 19.7. The minimum atomic E-state index is -4.24. The Labute approximate surface area is 81.7 Å². The third kappa shape index (κ3) is 2.13. The van der Waals surface area contributed by atoms with Gasteiger partial charge in [-0.25, -0.2) is 9.18 Å². The highest BCUT2D eigenvalue weighted by atomic mass is 31.2. The lowest BCUT2D eigenvalue weighted by Crippen LogP contribution is -2.34. The predicted octanol–water partition coefficient (Wildman–Crippen LogP) is 2.02. The maximum atomic E-state index is 13.8. The van der Waals surface area contributed by atoms with E-state index in [1.54, 1.807) is 0 Å². The summed E-state index contributed by atoms with van der Waals surface area (Å²) in [5, 5.41) is 5.64. The summed E-state index contributed by atoms with van der Waals surface area (Å²) in [4.78, 5) is 10.6. The summed E-state index contributed by atoms with van der Waals surface area (Å²) >= 11 is 0. The highest BCUT2D eigenvalue weighted by molar-refractivity contribution is 7.56. The molecule has 0 aromatic rings. The highest BCUT2D eigenvalue weighted by Crippen LogP contribution is 2.61. The van der Waals surface area contributed by atoms with E-state index in [4.69, 9.17) is 5.11 Å². The number of rotatable bonds is 6. The largest absolute Gasteiger partial charge is 0.478 e. The van der Waals surface area contributed by atoms with Crippen molar-refractivity contribution in [1.82, 2.24) is 0 Å². The van der Waals surface area contributed by atoms with E-state index in [0.29, 0.717) is 0 Å². The van der Waals surface area contributed by atoms with Crippen molar-refractivity contribution in [2.45, 2.75) is 25.7 Å². The molecule has 0 amide bonds. The third-order valence-electron chi connectivity index (χ3n) is 1.77. The zero-order valence-electron chi connectivity index (χ0n) is 8.32. The van der Waals surface area contributed by atoms with Crippen molar-refractivity contribution in [3.8, 4) is 0 Å². The maximum absolute atomic E-state index is 13.8. The molecule has 0 aliphatic rings. The van der Waals surface area contributed by atoms with Gasteiger partial charge in [-0.3, -0.25) is 4.57 Å². The van der Waals surface area contributed by atoms with Gasteiger partial charge in [0.25, 0.3) is 0 Å². The molecule has 0 aromatic carbocycles. The van der Waals surface area contributed by atoms with Crippen molar-refractivity contribution >= 4 is 13.6 Å². The SMILES string of the molecule is CCOP(=O)(OC)C(F)(CC)C(=O)O. The zero-order chi connectivity index (χ0) is 11.4. The van der Waals surface area contributed by atoms with E-state index in [-0.39, 0.29) is 6.61 Å². The van der Waals surface area contributed by atoms with E-state index in [2.05, 4.69) is 9.05 Å². The highest BCUT2D eigenvalue weighted by Gasteiger charge is 2.57. The number of aliphatic carboxylic acids is 1. The van der Waals surface area contributed by atoms with Gasteiger partial charge in [-0.1, -0.05) is 6.92 Å². The molecule has 1 N–H and O–H groups in total. The van der Waals surface area contributed by atoms with Crippen molar-refractivity contribution in [1.29, 1.82) is 0 Å². The molecule has 2 atom stereocenters. The molecule has 0 aliphatic heterocycles. The molecule has 84 valence electrons. The number of carboxylic acid groups (broad SMARTS) is 1. The van der Waals surface area contributed by atoms with Crippen LogP contribution in [0, 0.1) is 0 Å². The molecule has 0 saturated carbocycles. The van der Waals surface area contributed by atoms with Gasteiger partial charge in [0.05, 0.1) is 6.61 Å². The molecule has 0 rings (SSSR count).